The van der Waals surface area contributed by atoms with Gasteiger partial charge in [-0.15, -0.1) is 0 Å². The van der Waals surface area contributed by atoms with Crippen LogP contribution < -0.4 is 14.8 Å². The molecule has 0 saturated carbocycles. The van der Waals surface area contributed by atoms with Crippen LogP contribution in [0, 0.1) is 0 Å². The second-order valence-electron chi connectivity index (χ2n) is 6.44. The van der Waals surface area contributed by atoms with Gasteiger partial charge in [0.15, 0.2) is 0 Å². The van der Waals surface area contributed by atoms with Crippen LogP contribution in [-0.2, 0) is 10.0 Å². The number of nitrogens with one attached hydrogen (secondary N) is 2. The average molecular weight is 389 g/mol. The minimum atomic E-state index is -3.86. The zero-order chi connectivity index (χ0) is 19.4. The molecule has 8 heteroatoms. The third-order valence-corrected chi connectivity index (χ3v) is 5.76. The first-order valence-corrected chi connectivity index (χ1v) is 10.2. The van der Waals surface area contributed by atoms with E-state index < -0.39 is 10.0 Å². The van der Waals surface area contributed by atoms with Crippen LogP contribution in [0.2, 0.25) is 0 Å². The van der Waals surface area contributed by atoms with Crippen LogP contribution in [-0.4, -0.2) is 52.0 Å². The van der Waals surface area contributed by atoms with E-state index in [0.717, 1.165) is 6.54 Å². The molecule has 1 fully saturated rings. The van der Waals surface area contributed by atoms with Gasteiger partial charge in [-0.25, -0.2) is 8.42 Å². The third-order valence-electron chi connectivity index (χ3n) is 4.40. The van der Waals surface area contributed by atoms with E-state index in [1.165, 1.54) is 19.2 Å². The molecule has 0 radical (unpaired) electrons. The lowest BCUT2D eigenvalue weighted by atomic mass is 10.1. The van der Waals surface area contributed by atoms with Crippen molar-refractivity contribution in [1.29, 1.82) is 0 Å². The fourth-order valence-electron chi connectivity index (χ4n) is 3.03. The lowest BCUT2D eigenvalue weighted by Gasteiger charge is -2.32. The molecule has 7 nitrogen and oxygen atoms in total. The largest absolute Gasteiger partial charge is 0.495 e. The van der Waals surface area contributed by atoms with Crippen molar-refractivity contribution in [2.45, 2.75) is 17.9 Å². The summed E-state index contributed by atoms with van der Waals surface area (Å²) in [5, 5.41) is 3.28. The maximum absolute atomic E-state index is 12.8. The number of para-hydroxylation sites is 2. The van der Waals surface area contributed by atoms with E-state index in [9.17, 15) is 13.2 Å². The number of rotatable bonds is 5. The monoisotopic (exact) mass is 389 g/mol. The van der Waals surface area contributed by atoms with E-state index in [0.29, 0.717) is 30.1 Å². The summed E-state index contributed by atoms with van der Waals surface area (Å²) in [6.07, 6.45) is 0. The Kier molecular flexibility index (Phi) is 5.67. The number of carbonyl (C=O) groups is 1. The Morgan fingerprint density at radius 1 is 1.22 bits per heavy atom. The number of hydrogen-bond donors (Lipinski definition) is 2. The molecule has 1 unspecified atom stereocenters. The molecule has 3 rings (SSSR count). The van der Waals surface area contributed by atoms with Gasteiger partial charge in [0, 0.05) is 31.2 Å². The first-order valence-electron chi connectivity index (χ1n) is 8.69. The van der Waals surface area contributed by atoms with Crippen LogP contribution >= 0.6 is 0 Å². The van der Waals surface area contributed by atoms with Gasteiger partial charge in [-0.1, -0.05) is 18.2 Å². The summed E-state index contributed by atoms with van der Waals surface area (Å²) in [7, 11) is -2.38. The lowest BCUT2D eigenvalue weighted by molar-refractivity contribution is 0.0709. The summed E-state index contributed by atoms with van der Waals surface area (Å²) < 4.78 is 33.2. The summed E-state index contributed by atoms with van der Waals surface area (Å²) in [6, 6.07) is 13.1. The highest BCUT2D eigenvalue weighted by Gasteiger charge is 2.23. The van der Waals surface area contributed by atoms with Gasteiger partial charge in [0.25, 0.3) is 15.9 Å². The van der Waals surface area contributed by atoms with E-state index in [1.54, 1.807) is 41.3 Å². The number of hydrogen-bond acceptors (Lipinski definition) is 5. The van der Waals surface area contributed by atoms with Crippen LogP contribution in [0.15, 0.2) is 53.4 Å². The Labute approximate surface area is 159 Å². The van der Waals surface area contributed by atoms with Crippen molar-refractivity contribution in [3.05, 3.63) is 54.1 Å². The van der Waals surface area contributed by atoms with Gasteiger partial charge >= 0.3 is 0 Å². The van der Waals surface area contributed by atoms with Gasteiger partial charge in [-0.3, -0.25) is 9.52 Å². The van der Waals surface area contributed by atoms with Crippen molar-refractivity contribution in [2.75, 3.05) is 31.5 Å². The van der Waals surface area contributed by atoms with Crippen molar-refractivity contribution < 1.29 is 17.9 Å². The molecule has 1 aliphatic heterocycles. The molecular formula is C19H23N3O4S. The number of carbonyl (C=O) groups excluding carboxylic acids is 1. The topological polar surface area (TPSA) is 87.7 Å². The van der Waals surface area contributed by atoms with E-state index in [-0.39, 0.29) is 16.8 Å². The summed E-state index contributed by atoms with van der Waals surface area (Å²) in [5.74, 6) is 0.251. The van der Waals surface area contributed by atoms with Gasteiger partial charge in [0.1, 0.15) is 5.75 Å². The molecule has 0 aromatic heterocycles. The van der Waals surface area contributed by atoms with Crippen molar-refractivity contribution in [3.8, 4) is 5.75 Å². The second kappa shape index (κ2) is 7.98. The van der Waals surface area contributed by atoms with Crippen molar-refractivity contribution in [2.24, 2.45) is 0 Å². The SMILES string of the molecule is COc1ccccc1NS(=O)(=O)c1cccc(C(=O)N2CCNC(C)C2)c1. The summed E-state index contributed by atoms with van der Waals surface area (Å²) in [5.41, 5.74) is 0.694. The molecule has 1 saturated heterocycles. The highest BCUT2D eigenvalue weighted by molar-refractivity contribution is 7.92. The quantitative estimate of drug-likeness (QED) is 0.816. The fraction of sp³-hybridized carbons (Fsp3) is 0.316. The number of benzene rings is 2. The maximum atomic E-state index is 12.8. The molecule has 1 atom stereocenters. The number of ether oxygens (including phenoxy) is 1. The predicted molar refractivity (Wildman–Crippen MR) is 104 cm³/mol. The molecule has 0 bridgehead atoms. The van der Waals surface area contributed by atoms with Crippen LogP contribution in [0.1, 0.15) is 17.3 Å². The molecule has 0 aliphatic carbocycles. The first kappa shape index (κ1) is 19.2. The minimum Gasteiger partial charge on any atom is -0.495 e. The molecule has 2 aromatic carbocycles. The zero-order valence-electron chi connectivity index (χ0n) is 15.3. The standard InChI is InChI=1S/C19H23N3O4S/c1-14-13-22(11-10-20-14)19(23)15-6-5-7-16(12-15)27(24,25)21-17-8-3-4-9-18(17)26-2/h3-9,12,14,20-21H,10-11,13H2,1-2H3. The van der Waals surface area contributed by atoms with Crippen molar-refractivity contribution >= 4 is 21.6 Å². The highest BCUT2D eigenvalue weighted by atomic mass is 32.2. The Morgan fingerprint density at radius 3 is 2.74 bits per heavy atom. The number of sulfonamides is 1. The number of methoxy groups -OCH3 is 1. The van der Waals surface area contributed by atoms with E-state index >= 15 is 0 Å². The minimum absolute atomic E-state index is 0.0300. The van der Waals surface area contributed by atoms with Gasteiger partial charge in [-0.2, -0.15) is 0 Å². The van der Waals surface area contributed by atoms with Crippen molar-refractivity contribution in [1.82, 2.24) is 10.2 Å². The Balaban J connectivity index is 1.84. The number of amides is 1. The Morgan fingerprint density at radius 2 is 2.00 bits per heavy atom. The van der Waals surface area contributed by atoms with Crippen LogP contribution in [0.3, 0.4) is 0 Å². The average Bonchev–Trinajstić information content (AvgIpc) is 2.67. The van der Waals surface area contributed by atoms with Crippen LogP contribution in [0.25, 0.3) is 0 Å². The van der Waals surface area contributed by atoms with E-state index in [2.05, 4.69) is 10.0 Å². The number of anilines is 1. The van der Waals surface area contributed by atoms with Gasteiger partial charge in [0.2, 0.25) is 0 Å². The smallest absolute Gasteiger partial charge is 0.262 e. The van der Waals surface area contributed by atoms with Crippen molar-refractivity contribution in [3.63, 3.8) is 0 Å². The number of piperazine rings is 1. The van der Waals surface area contributed by atoms with Crippen LogP contribution in [0.5, 0.6) is 5.75 Å². The highest BCUT2D eigenvalue weighted by Crippen LogP contribution is 2.26. The summed E-state index contributed by atoms with van der Waals surface area (Å²) >= 11 is 0. The van der Waals surface area contributed by atoms with Crippen LogP contribution in [0.4, 0.5) is 5.69 Å². The zero-order valence-corrected chi connectivity index (χ0v) is 16.1. The van der Waals surface area contributed by atoms with Gasteiger partial charge in [0.05, 0.1) is 17.7 Å². The van der Waals surface area contributed by atoms with E-state index in [1.807, 2.05) is 6.92 Å². The molecule has 27 heavy (non-hydrogen) atoms. The Bertz CT molecular complexity index is 930. The molecule has 1 heterocycles. The molecular weight excluding hydrogens is 366 g/mol. The predicted octanol–water partition coefficient (Wildman–Crippen LogP) is 1.93. The maximum Gasteiger partial charge on any atom is 0.262 e. The Hall–Kier alpha value is -2.58. The fourth-order valence-corrected chi connectivity index (χ4v) is 4.14. The number of nitrogens with zero attached hydrogens (tertiary/aromatic N) is 1. The molecule has 2 aromatic rings. The lowest BCUT2D eigenvalue weighted by Crippen LogP contribution is -2.51. The summed E-state index contributed by atoms with van der Waals surface area (Å²) in [4.78, 5) is 14.5. The van der Waals surface area contributed by atoms with Gasteiger partial charge in [-0.05, 0) is 37.3 Å². The molecule has 1 amide bonds. The molecule has 2 N–H and O–H groups in total. The molecule has 0 spiro atoms. The first-order chi connectivity index (χ1) is 12.9. The third kappa shape index (κ3) is 4.40. The van der Waals surface area contributed by atoms with Gasteiger partial charge < -0.3 is 15.0 Å². The van der Waals surface area contributed by atoms with E-state index in [4.69, 9.17) is 4.74 Å². The summed E-state index contributed by atoms with van der Waals surface area (Å²) in [6.45, 7) is 3.92. The normalized spacial score (nSPS) is 17.4. The molecule has 1 aliphatic rings. The second-order valence-corrected chi connectivity index (χ2v) is 8.12. The molecule has 144 valence electrons.